The highest BCUT2D eigenvalue weighted by atomic mass is 35.5. The van der Waals surface area contributed by atoms with Crippen LogP contribution in [0.2, 0.25) is 5.02 Å². The molecule has 0 bridgehead atoms. The van der Waals surface area contributed by atoms with Crippen molar-refractivity contribution in [2.24, 2.45) is 0 Å². The summed E-state index contributed by atoms with van der Waals surface area (Å²) in [7, 11) is 0. The maximum absolute atomic E-state index is 12.1. The third-order valence-electron chi connectivity index (χ3n) is 2.90. The third kappa shape index (κ3) is 4.16. The van der Waals surface area contributed by atoms with Crippen molar-refractivity contribution in [1.82, 2.24) is 15.5 Å². The number of hydrogen-bond donors (Lipinski definition) is 2. The van der Waals surface area contributed by atoms with E-state index in [0.29, 0.717) is 17.3 Å². The quantitative estimate of drug-likeness (QED) is 0.712. The summed E-state index contributed by atoms with van der Waals surface area (Å²) in [6, 6.07) is 10.6. The first-order valence-corrected chi connectivity index (χ1v) is 8.90. The van der Waals surface area contributed by atoms with Gasteiger partial charge in [-0.05, 0) is 29.6 Å². The average Bonchev–Trinajstić information content (AvgIpc) is 3.24. The lowest BCUT2D eigenvalue weighted by Crippen LogP contribution is -2.22. The molecular weight excluding hydrogens is 368 g/mol. The maximum atomic E-state index is 12.1. The molecule has 3 aromatic rings. The molecule has 0 radical (unpaired) electrons. The fraction of sp³-hybridized carbons (Fsp3) is 0.0667. The van der Waals surface area contributed by atoms with Gasteiger partial charge in [-0.2, -0.15) is 0 Å². The smallest absolute Gasteiger partial charge is 0.286 e. The fourth-order valence-electron chi connectivity index (χ4n) is 1.81. The number of anilines is 1. The molecule has 0 aliphatic carbocycles. The number of benzene rings is 1. The summed E-state index contributed by atoms with van der Waals surface area (Å²) in [5.74, 6) is -0.797. The SMILES string of the molecule is O=C(NCc1cccs1)c1nnc(C(=O)Nc2cccc(Cl)c2)s1. The Kier molecular flexibility index (Phi) is 5.19. The van der Waals surface area contributed by atoms with E-state index in [1.54, 1.807) is 35.6 Å². The number of nitrogens with zero attached hydrogens (tertiary/aromatic N) is 2. The van der Waals surface area contributed by atoms with Gasteiger partial charge in [0.25, 0.3) is 11.8 Å². The summed E-state index contributed by atoms with van der Waals surface area (Å²) in [5, 5.41) is 15.6. The zero-order valence-electron chi connectivity index (χ0n) is 12.2. The Balaban J connectivity index is 1.61. The van der Waals surface area contributed by atoms with Crippen LogP contribution in [0.25, 0.3) is 0 Å². The molecular formula is C15H11ClN4O2S2. The molecule has 3 rings (SSSR count). The standard InChI is InChI=1S/C15H11ClN4O2S2/c16-9-3-1-4-10(7-9)18-13(22)15-20-19-14(24-15)12(21)17-8-11-5-2-6-23-11/h1-7H,8H2,(H,17,21)(H,18,22). The minimum absolute atomic E-state index is 0.108. The van der Waals surface area contributed by atoms with Gasteiger partial charge in [0.05, 0.1) is 6.54 Å². The Hall–Kier alpha value is -2.29. The predicted molar refractivity (Wildman–Crippen MR) is 94.8 cm³/mol. The Morgan fingerprint density at radius 2 is 1.88 bits per heavy atom. The van der Waals surface area contributed by atoms with Gasteiger partial charge in [0.2, 0.25) is 10.0 Å². The van der Waals surface area contributed by atoms with Crippen LogP contribution >= 0.6 is 34.3 Å². The van der Waals surface area contributed by atoms with Crippen LogP contribution in [0.5, 0.6) is 0 Å². The van der Waals surface area contributed by atoms with Crippen LogP contribution in [0.4, 0.5) is 5.69 Å². The third-order valence-corrected chi connectivity index (χ3v) is 4.93. The highest BCUT2D eigenvalue weighted by molar-refractivity contribution is 7.15. The zero-order chi connectivity index (χ0) is 16.9. The summed E-state index contributed by atoms with van der Waals surface area (Å²) in [4.78, 5) is 25.2. The van der Waals surface area contributed by atoms with Crippen molar-refractivity contribution >= 4 is 51.8 Å². The summed E-state index contributed by atoms with van der Waals surface area (Å²) < 4.78 is 0. The van der Waals surface area contributed by atoms with E-state index >= 15 is 0 Å². The van der Waals surface area contributed by atoms with E-state index < -0.39 is 5.91 Å². The van der Waals surface area contributed by atoms with Crippen molar-refractivity contribution in [2.75, 3.05) is 5.32 Å². The van der Waals surface area contributed by atoms with Crippen LogP contribution in [-0.4, -0.2) is 22.0 Å². The second-order valence-corrected chi connectivity index (χ2v) is 7.09. The number of aromatic nitrogens is 2. The van der Waals surface area contributed by atoms with Crippen molar-refractivity contribution in [3.05, 3.63) is 61.7 Å². The molecule has 2 amide bonds. The molecule has 0 atom stereocenters. The first-order valence-electron chi connectivity index (χ1n) is 6.83. The molecule has 1 aromatic carbocycles. The number of rotatable bonds is 5. The van der Waals surface area contributed by atoms with Gasteiger partial charge in [-0.1, -0.05) is 35.1 Å². The van der Waals surface area contributed by atoms with Gasteiger partial charge < -0.3 is 10.6 Å². The van der Waals surface area contributed by atoms with Crippen LogP contribution in [0.1, 0.15) is 24.5 Å². The molecule has 0 aliphatic rings. The molecule has 0 aliphatic heterocycles. The molecule has 9 heteroatoms. The molecule has 0 saturated heterocycles. The monoisotopic (exact) mass is 378 g/mol. The van der Waals surface area contributed by atoms with E-state index in [1.165, 1.54) is 0 Å². The second-order valence-electron chi connectivity index (χ2n) is 4.64. The number of hydrogen-bond acceptors (Lipinski definition) is 6. The lowest BCUT2D eigenvalue weighted by Gasteiger charge is -2.02. The summed E-state index contributed by atoms with van der Waals surface area (Å²) in [5.41, 5.74) is 0.548. The zero-order valence-corrected chi connectivity index (χ0v) is 14.5. The largest absolute Gasteiger partial charge is 0.345 e. The summed E-state index contributed by atoms with van der Waals surface area (Å²) in [6.07, 6.45) is 0. The first kappa shape index (κ1) is 16.6. The van der Waals surface area contributed by atoms with E-state index in [2.05, 4.69) is 20.8 Å². The Morgan fingerprint density at radius 1 is 1.08 bits per heavy atom. The van der Waals surface area contributed by atoms with Crippen molar-refractivity contribution in [1.29, 1.82) is 0 Å². The van der Waals surface area contributed by atoms with Crippen LogP contribution in [0.15, 0.2) is 41.8 Å². The molecule has 24 heavy (non-hydrogen) atoms. The number of carbonyl (C=O) groups excluding carboxylic acids is 2. The summed E-state index contributed by atoms with van der Waals surface area (Å²) >= 11 is 8.35. The topological polar surface area (TPSA) is 84.0 Å². The van der Waals surface area contributed by atoms with Crippen LogP contribution in [0.3, 0.4) is 0 Å². The lowest BCUT2D eigenvalue weighted by molar-refractivity contribution is 0.0949. The van der Waals surface area contributed by atoms with E-state index in [4.69, 9.17) is 11.6 Å². The van der Waals surface area contributed by atoms with E-state index in [9.17, 15) is 9.59 Å². The fourth-order valence-corrected chi connectivity index (χ4v) is 3.30. The Bertz CT molecular complexity index is 864. The summed E-state index contributed by atoms with van der Waals surface area (Å²) in [6.45, 7) is 0.417. The van der Waals surface area contributed by atoms with Gasteiger partial charge in [0.1, 0.15) is 0 Å². The number of nitrogens with one attached hydrogen (secondary N) is 2. The first-order chi connectivity index (χ1) is 11.6. The molecule has 0 spiro atoms. The predicted octanol–water partition coefficient (Wildman–Crippen LogP) is 3.44. The van der Waals surface area contributed by atoms with Gasteiger partial charge in [-0.25, -0.2) is 0 Å². The molecule has 2 N–H and O–H groups in total. The van der Waals surface area contributed by atoms with Gasteiger partial charge in [-0.3, -0.25) is 9.59 Å². The number of thiophene rings is 1. The molecule has 6 nitrogen and oxygen atoms in total. The van der Waals surface area contributed by atoms with E-state index in [1.807, 2.05) is 17.5 Å². The van der Waals surface area contributed by atoms with Crippen molar-refractivity contribution < 1.29 is 9.59 Å². The minimum atomic E-state index is -0.438. The van der Waals surface area contributed by atoms with Crippen LogP contribution in [0, 0.1) is 0 Å². The van der Waals surface area contributed by atoms with Crippen LogP contribution in [-0.2, 0) is 6.54 Å². The molecule has 0 unspecified atom stereocenters. The average molecular weight is 379 g/mol. The van der Waals surface area contributed by atoms with Crippen molar-refractivity contribution in [2.45, 2.75) is 6.54 Å². The lowest BCUT2D eigenvalue weighted by atomic mass is 10.3. The molecule has 122 valence electrons. The van der Waals surface area contributed by atoms with E-state index in [0.717, 1.165) is 16.2 Å². The minimum Gasteiger partial charge on any atom is -0.345 e. The van der Waals surface area contributed by atoms with Crippen LogP contribution < -0.4 is 10.6 Å². The van der Waals surface area contributed by atoms with Crippen molar-refractivity contribution in [3.63, 3.8) is 0 Å². The van der Waals surface area contributed by atoms with Gasteiger partial charge in [-0.15, -0.1) is 21.5 Å². The van der Waals surface area contributed by atoms with Gasteiger partial charge in [0, 0.05) is 15.6 Å². The molecule has 2 heterocycles. The Morgan fingerprint density at radius 3 is 2.58 bits per heavy atom. The highest BCUT2D eigenvalue weighted by Crippen LogP contribution is 2.17. The number of halogens is 1. The van der Waals surface area contributed by atoms with Gasteiger partial charge in [0.15, 0.2) is 0 Å². The molecule has 0 fully saturated rings. The maximum Gasteiger partial charge on any atom is 0.286 e. The second kappa shape index (κ2) is 7.52. The van der Waals surface area contributed by atoms with Gasteiger partial charge >= 0.3 is 0 Å². The highest BCUT2D eigenvalue weighted by Gasteiger charge is 2.17. The Labute approximate surface area is 150 Å². The molecule has 0 saturated carbocycles. The number of amides is 2. The molecule has 2 aromatic heterocycles. The van der Waals surface area contributed by atoms with Crippen molar-refractivity contribution in [3.8, 4) is 0 Å². The normalized spacial score (nSPS) is 10.4. The van der Waals surface area contributed by atoms with E-state index in [-0.39, 0.29) is 15.9 Å². The number of carbonyl (C=O) groups is 2.